The van der Waals surface area contributed by atoms with E-state index in [0.29, 0.717) is 11.5 Å². The lowest BCUT2D eigenvalue weighted by Crippen LogP contribution is -2.04. The van der Waals surface area contributed by atoms with Gasteiger partial charge in [-0.25, -0.2) is 0 Å². The normalized spacial score (nSPS) is 11.7. The molecule has 0 amide bonds. The van der Waals surface area contributed by atoms with Crippen LogP contribution in [0.25, 0.3) is 0 Å². The first-order chi connectivity index (χ1) is 14.3. The van der Waals surface area contributed by atoms with Crippen molar-refractivity contribution in [1.29, 1.82) is 0 Å². The third-order valence-electron chi connectivity index (χ3n) is 3.56. The molecule has 3 aromatic carbocycles. The standard InChI is InChI=1S/C20H19N5O3S/c1-21-27-28-29-17-13-11-16(12-14-17)22-24-20(15-7-3-2-4-8-15)25-23-18-9-5-6-10-19(18)26/h2-14,21-22,26H,1H3/b24-20+,25-23?. The van der Waals surface area contributed by atoms with Gasteiger partial charge in [0.25, 0.3) is 0 Å². The van der Waals surface area contributed by atoms with Gasteiger partial charge < -0.3 is 5.11 Å². The van der Waals surface area contributed by atoms with Crippen LogP contribution in [0.1, 0.15) is 5.56 Å². The Bertz CT molecular complexity index is 965. The van der Waals surface area contributed by atoms with E-state index in [9.17, 15) is 5.11 Å². The van der Waals surface area contributed by atoms with Gasteiger partial charge in [-0.05, 0) is 36.4 Å². The second kappa shape index (κ2) is 10.9. The first kappa shape index (κ1) is 20.5. The molecule has 3 N–H and O–H groups in total. The molecule has 3 aromatic rings. The Morgan fingerprint density at radius 1 is 0.931 bits per heavy atom. The van der Waals surface area contributed by atoms with Crippen molar-refractivity contribution in [1.82, 2.24) is 5.48 Å². The maximum absolute atomic E-state index is 9.87. The van der Waals surface area contributed by atoms with E-state index in [1.54, 1.807) is 31.3 Å². The number of phenolic OH excluding ortho intramolecular Hbond substituents is 1. The molecule has 0 fully saturated rings. The van der Waals surface area contributed by atoms with Gasteiger partial charge in [0, 0.05) is 17.5 Å². The first-order valence-corrected chi connectivity index (χ1v) is 9.36. The van der Waals surface area contributed by atoms with Crippen molar-refractivity contribution in [2.45, 2.75) is 4.90 Å². The summed E-state index contributed by atoms with van der Waals surface area (Å²) in [5.41, 5.74) is 7.29. The Morgan fingerprint density at radius 3 is 2.38 bits per heavy atom. The van der Waals surface area contributed by atoms with E-state index < -0.39 is 0 Å². The SMILES string of the molecule is CNOOSc1ccc(N/N=C(/N=Nc2ccccc2O)c2ccccc2)cc1. The monoisotopic (exact) mass is 409 g/mol. The van der Waals surface area contributed by atoms with Gasteiger partial charge in [0.15, 0.2) is 0 Å². The molecule has 0 heterocycles. The number of rotatable bonds is 8. The molecule has 0 saturated carbocycles. The largest absolute Gasteiger partial charge is 0.506 e. The number of anilines is 1. The fraction of sp³-hybridized carbons (Fsp3) is 0.0500. The van der Waals surface area contributed by atoms with Crippen LogP contribution in [-0.2, 0) is 9.32 Å². The summed E-state index contributed by atoms with van der Waals surface area (Å²) < 4.78 is 4.86. The van der Waals surface area contributed by atoms with E-state index in [1.165, 1.54) is 0 Å². The molecule has 0 unspecified atom stereocenters. The van der Waals surface area contributed by atoms with Gasteiger partial charge in [0.2, 0.25) is 5.84 Å². The lowest BCUT2D eigenvalue weighted by atomic mass is 10.2. The van der Waals surface area contributed by atoms with Crippen LogP contribution in [0.5, 0.6) is 5.75 Å². The number of hydrogen-bond acceptors (Lipinski definition) is 8. The first-order valence-electron chi connectivity index (χ1n) is 8.62. The predicted octanol–water partition coefficient (Wildman–Crippen LogP) is 5.04. The molecule has 148 valence electrons. The fourth-order valence-corrected chi connectivity index (χ4v) is 2.60. The van der Waals surface area contributed by atoms with Gasteiger partial charge >= 0.3 is 0 Å². The number of hydrogen-bond donors (Lipinski definition) is 3. The molecular weight excluding hydrogens is 390 g/mol. The van der Waals surface area contributed by atoms with Gasteiger partial charge in [0.05, 0.1) is 17.7 Å². The maximum Gasteiger partial charge on any atom is 0.201 e. The molecule has 0 aliphatic heterocycles. The van der Waals surface area contributed by atoms with Crippen molar-refractivity contribution < 1.29 is 14.4 Å². The molecule has 3 rings (SSSR count). The molecule has 0 aliphatic rings. The van der Waals surface area contributed by atoms with E-state index >= 15 is 0 Å². The third kappa shape index (κ3) is 6.40. The predicted molar refractivity (Wildman–Crippen MR) is 113 cm³/mol. The maximum atomic E-state index is 9.87. The minimum Gasteiger partial charge on any atom is -0.506 e. The highest BCUT2D eigenvalue weighted by atomic mass is 32.2. The molecule has 0 saturated heterocycles. The van der Waals surface area contributed by atoms with Gasteiger partial charge in [-0.2, -0.15) is 10.6 Å². The van der Waals surface area contributed by atoms with Gasteiger partial charge in [-0.1, -0.05) is 42.5 Å². The second-order valence-corrected chi connectivity index (χ2v) is 6.34. The Kier molecular flexibility index (Phi) is 7.72. The molecule has 29 heavy (non-hydrogen) atoms. The van der Waals surface area contributed by atoms with Crippen molar-refractivity contribution in [2.24, 2.45) is 15.3 Å². The summed E-state index contributed by atoms with van der Waals surface area (Å²) in [6, 6.07) is 23.6. The molecule has 0 bridgehead atoms. The highest BCUT2D eigenvalue weighted by molar-refractivity contribution is 7.94. The Morgan fingerprint density at radius 2 is 1.66 bits per heavy atom. The van der Waals surface area contributed by atoms with E-state index in [2.05, 4.69) is 31.2 Å². The number of nitrogens with zero attached hydrogens (tertiary/aromatic N) is 3. The van der Waals surface area contributed by atoms with Crippen LogP contribution in [-0.4, -0.2) is 18.0 Å². The van der Waals surface area contributed by atoms with Crippen LogP contribution >= 0.6 is 12.0 Å². The molecule has 0 aliphatic carbocycles. The summed E-state index contributed by atoms with van der Waals surface area (Å²) in [6.07, 6.45) is 0. The molecule has 0 atom stereocenters. The number of azo groups is 1. The highest BCUT2D eigenvalue weighted by Crippen LogP contribution is 2.25. The topological polar surface area (TPSA) is 99.8 Å². The Balaban J connectivity index is 1.76. The molecular formula is C20H19N5O3S. The van der Waals surface area contributed by atoms with Crippen LogP contribution in [0, 0.1) is 0 Å². The average Bonchev–Trinajstić information content (AvgIpc) is 2.77. The summed E-state index contributed by atoms with van der Waals surface area (Å²) in [7, 11) is 1.60. The van der Waals surface area contributed by atoms with Crippen LogP contribution in [0.3, 0.4) is 0 Å². The zero-order valence-corrected chi connectivity index (χ0v) is 16.3. The quantitative estimate of drug-likeness (QED) is 0.0917. The van der Waals surface area contributed by atoms with Crippen molar-refractivity contribution in [3.63, 3.8) is 0 Å². The van der Waals surface area contributed by atoms with Crippen LogP contribution in [0.15, 0.2) is 99.1 Å². The minimum absolute atomic E-state index is 0.0502. The lowest BCUT2D eigenvalue weighted by molar-refractivity contribution is -0.237. The summed E-state index contributed by atoms with van der Waals surface area (Å²) >= 11 is 1.08. The molecule has 8 nitrogen and oxygen atoms in total. The lowest BCUT2D eigenvalue weighted by Gasteiger charge is -2.05. The van der Waals surface area contributed by atoms with Crippen LogP contribution in [0.2, 0.25) is 0 Å². The summed E-state index contributed by atoms with van der Waals surface area (Å²) in [5, 5.41) is 22.6. The van der Waals surface area contributed by atoms with Crippen LogP contribution in [0.4, 0.5) is 11.4 Å². The number of para-hydroxylation sites is 1. The van der Waals surface area contributed by atoms with Gasteiger partial charge in [0.1, 0.15) is 11.4 Å². The number of nitrogens with one attached hydrogen (secondary N) is 2. The van der Waals surface area contributed by atoms with Crippen molar-refractivity contribution in [3.8, 4) is 5.75 Å². The number of benzene rings is 3. The number of hydrazone groups is 1. The number of hydroxylamine groups is 1. The zero-order valence-electron chi connectivity index (χ0n) is 15.5. The van der Waals surface area contributed by atoms with Gasteiger partial charge in [-0.15, -0.1) is 19.6 Å². The van der Waals surface area contributed by atoms with E-state index in [-0.39, 0.29) is 5.75 Å². The van der Waals surface area contributed by atoms with Gasteiger partial charge in [-0.3, -0.25) is 5.43 Å². The smallest absolute Gasteiger partial charge is 0.201 e. The third-order valence-corrected chi connectivity index (χ3v) is 4.16. The summed E-state index contributed by atoms with van der Waals surface area (Å²) in [5.74, 6) is 0.423. The second-order valence-electron chi connectivity index (χ2n) is 5.57. The highest BCUT2D eigenvalue weighted by Gasteiger charge is 2.04. The van der Waals surface area contributed by atoms with E-state index in [1.807, 2.05) is 54.6 Å². The number of aromatic hydroxyl groups is 1. The van der Waals surface area contributed by atoms with E-state index in [0.717, 1.165) is 28.2 Å². The molecule has 0 aromatic heterocycles. The molecule has 0 spiro atoms. The number of amidine groups is 1. The average molecular weight is 409 g/mol. The molecule has 0 radical (unpaired) electrons. The Labute approximate surface area is 172 Å². The van der Waals surface area contributed by atoms with Crippen molar-refractivity contribution >= 4 is 29.3 Å². The van der Waals surface area contributed by atoms with Crippen LogP contribution < -0.4 is 10.9 Å². The Hall–Kier alpha value is -3.24. The molecule has 9 heteroatoms. The van der Waals surface area contributed by atoms with Crippen molar-refractivity contribution in [3.05, 3.63) is 84.4 Å². The minimum atomic E-state index is 0.0502. The number of phenols is 1. The fourth-order valence-electron chi connectivity index (χ4n) is 2.17. The summed E-state index contributed by atoms with van der Waals surface area (Å²) in [6.45, 7) is 0. The van der Waals surface area contributed by atoms with E-state index in [4.69, 9.17) is 4.33 Å². The zero-order chi connectivity index (χ0) is 20.3. The summed E-state index contributed by atoms with van der Waals surface area (Å²) in [4.78, 5) is 5.46. The van der Waals surface area contributed by atoms with Crippen molar-refractivity contribution in [2.75, 3.05) is 12.5 Å².